The Morgan fingerprint density at radius 2 is 1.82 bits per heavy atom. The third kappa shape index (κ3) is 5.10. The lowest BCUT2D eigenvalue weighted by Gasteiger charge is -2.20. The van der Waals surface area contributed by atoms with Crippen LogP contribution in [0.25, 0.3) is 10.8 Å². The van der Waals surface area contributed by atoms with Crippen molar-refractivity contribution in [3.63, 3.8) is 0 Å². The van der Waals surface area contributed by atoms with E-state index in [0.717, 1.165) is 45.2 Å². The molecule has 2 atom stereocenters. The molecule has 0 saturated heterocycles. The Labute approximate surface area is 235 Å². The topological polar surface area (TPSA) is 93.2 Å². The van der Waals surface area contributed by atoms with E-state index in [-0.39, 0.29) is 5.56 Å². The SMILES string of the molecule is C1=CN=CC1.O=C(O)C1CSc2c(C3CC(c4ccccc4)=NO3)c(Cc3cccc4ccccc34)cc(=O)n21. The number of thioether (sulfide) groups is 1. The highest BCUT2D eigenvalue weighted by Crippen LogP contribution is 2.43. The van der Waals surface area contributed by atoms with Gasteiger partial charge >= 0.3 is 5.97 Å². The van der Waals surface area contributed by atoms with Crippen LogP contribution in [0.1, 0.15) is 47.2 Å². The first-order valence-electron chi connectivity index (χ1n) is 13.2. The van der Waals surface area contributed by atoms with Gasteiger partial charge in [0.2, 0.25) is 0 Å². The molecular formula is C32H27N3O4S. The minimum atomic E-state index is -1.00. The van der Waals surface area contributed by atoms with Gasteiger partial charge < -0.3 is 9.94 Å². The van der Waals surface area contributed by atoms with Gasteiger partial charge in [-0.15, -0.1) is 11.8 Å². The second-order valence-electron chi connectivity index (χ2n) is 9.73. The number of oxime groups is 1. The summed E-state index contributed by atoms with van der Waals surface area (Å²) in [6.45, 7) is 0. The average Bonchev–Trinajstić information content (AvgIpc) is 3.77. The summed E-state index contributed by atoms with van der Waals surface area (Å²) in [6.07, 6.45) is 7.42. The molecule has 3 aliphatic rings. The zero-order chi connectivity index (χ0) is 27.5. The third-order valence-electron chi connectivity index (χ3n) is 7.20. The highest BCUT2D eigenvalue weighted by atomic mass is 32.2. The highest BCUT2D eigenvalue weighted by molar-refractivity contribution is 7.99. The van der Waals surface area contributed by atoms with E-state index in [4.69, 9.17) is 4.84 Å². The van der Waals surface area contributed by atoms with Crippen LogP contribution in [0.3, 0.4) is 0 Å². The number of carbonyl (C=O) groups is 1. The van der Waals surface area contributed by atoms with Gasteiger partial charge in [0.05, 0.1) is 10.7 Å². The summed E-state index contributed by atoms with van der Waals surface area (Å²) < 4.78 is 1.42. The van der Waals surface area contributed by atoms with Crippen molar-refractivity contribution in [2.45, 2.75) is 36.4 Å². The summed E-state index contributed by atoms with van der Waals surface area (Å²) in [6, 6.07) is 24.9. The van der Waals surface area contributed by atoms with Gasteiger partial charge in [0.15, 0.2) is 6.10 Å². The van der Waals surface area contributed by atoms with Crippen LogP contribution < -0.4 is 5.56 Å². The minimum Gasteiger partial charge on any atom is -0.480 e. The van der Waals surface area contributed by atoms with Crippen molar-refractivity contribution in [1.82, 2.24) is 4.57 Å². The Morgan fingerprint density at radius 1 is 1.02 bits per heavy atom. The highest BCUT2D eigenvalue weighted by Gasteiger charge is 2.37. The Bertz CT molecular complexity index is 1710. The minimum absolute atomic E-state index is 0.293. The normalized spacial score (nSPS) is 18.6. The number of hydrogen-bond donors (Lipinski definition) is 1. The standard InChI is InChI=1S/C28H22N2O4S.C4H5N/c31-25-14-20(13-19-11-6-10-17-7-4-5-12-21(17)19)26(27-30(25)23(16-35-27)28(32)33)24-15-22(29-34-24)18-8-2-1-3-9-18;1-2-4-5-3-1/h1-12,14,23-24H,13,15-16H2,(H,32,33);1,3-4H,2H2. The second kappa shape index (κ2) is 11.4. The van der Waals surface area contributed by atoms with E-state index in [1.165, 1.54) is 16.3 Å². The number of aliphatic imine (C=N–C) groups is 1. The van der Waals surface area contributed by atoms with Crippen molar-refractivity contribution in [2.24, 2.45) is 10.1 Å². The molecule has 1 N–H and O–H groups in total. The molecule has 3 aliphatic heterocycles. The van der Waals surface area contributed by atoms with Crippen LogP contribution in [0.4, 0.5) is 0 Å². The Morgan fingerprint density at radius 3 is 2.58 bits per heavy atom. The lowest BCUT2D eigenvalue weighted by molar-refractivity contribution is -0.140. The predicted molar refractivity (Wildman–Crippen MR) is 159 cm³/mol. The number of nitrogens with zero attached hydrogens (tertiary/aromatic N) is 3. The van der Waals surface area contributed by atoms with Crippen LogP contribution >= 0.6 is 11.8 Å². The van der Waals surface area contributed by atoms with Gasteiger partial charge in [-0.3, -0.25) is 14.4 Å². The predicted octanol–water partition coefficient (Wildman–Crippen LogP) is 6.16. The molecule has 200 valence electrons. The van der Waals surface area contributed by atoms with Crippen molar-refractivity contribution in [3.05, 3.63) is 124 Å². The van der Waals surface area contributed by atoms with Crippen LogP contribution in [0, 0.1) is 0 Å². The molecule has 0 aliphatic carbocycles. The number of fused-ring (bicyclic) bond motifs is 2. The number of carboxylic acids is 1. The smallest absolute Gasteiger partial charge is 0.327 e. The van der Waals surface area contributed by atoms with E-state index in [2.05, 4.69) is 34.4 Å². The van der Waals surface area contributed by atoms with Crippen LogP contribution in [-0.4, -0.2) is 33.3 Å². The maximum atomic E-state index is 13.2. The van der Waals surface area contributed by atoms with E-state index in [1.807, 2.05) is 60.8 Å². The summed E-state index contributed by atoms with van der Waals surface area (Å²) in [5.41, 5.74) is 4.36. The van der Waals surface area contributed by atoms with E-state index in [1.54, 1.807) is 12.3 Å². The first-order valence-corrected chi connectivity index (χ1v) is 14.1. The van der Waals surface area contributed by atoms with Crippen LogP contribution in [0.15, 0.2) is 111 Å². The fourth-order valence-electron chi connectivity index (χ4n) is 5.30. The van der Waals surface area contributed by atoms with E-state index in [0.29, 0.717) is 23.6 Å². The van der Waals surface area contributed by atoms with E-state index >= 15 is 0 Å². The van der Waals surface area contributed by atoms with Gasteiger partial charge in [-0.25, -0.2) is 4.79 Å². The number of pyridine rings is 1. The summed E-state index contributed by atoms with van der Waals surface area (Å²) in [5, 5.41) is 17.0. The molecule has 40 heavy (non-hydrogen) atoms. The average molecular weight is 550 g/mol. The molecule has 3 aromatic carbocycles. The number of aliphatic carboxylic acids is 1. The molecule has 0 spiro atoms. The lowest BCUT2D eigenvalue weighted by Crippen LogP contribution is -2.30. The van der Waals surface area contributed by atoms with Crippen LogP contribution in [0.2, 0.25) is 0 Å². The molecule has 7 rings (SSSR count). The van der Waals surface area contributed by atoms with Crippen LogP contribution in [0.5, 0.6) is 0 Å². The quantitative estimate of drug-likeness (QED) is 0.322. The van der Waals surface area contributed by atoms with Gasteiger partial charge in [-0.1, -0.05) is 84.0 Å². The summed E-state index contributed by atoms with van der Waals surface area (Å²) in [4.78, 5) is 34.8. The molecule has 0 saturated carbocycles. The first kappa shape index (κ1) is 25.8. The zero-order valence-corrected chi connectivity index (χ0v) is 22.5. The molecule has 0 bridgehead atoms. The fraction of sp³-hybridized carbons (Fsp3) is 0.188. The summed E-state index contributed by atoms with van der Waals surface area (Å²) in [5.74, 6) is -0.686. The number of allylic oxidation sites excluding steroid dienone is 1. The van der Waals surface area contributed by atoms with Crippen LogP contribution in [-0.2, 0) is 16.1 Å². The van der Waals surface area contributed by atoms with Gasteiger partial charge in [0.25, 0.3) is 5.56 Å². The first-order chi connectivity index (χ1) is 19.6. The van der Waals surface area contributed by atoms with Crippen molar-refractivity contribution >= 4 is 40.4 Å². The molecule has 1 aromatic heterocycles. The largest absolute Gasteiger partial charge is 0.480 e. The summed E-state index contributed by atoms with van der Waals surface area (Å²) >= 11 is 1.41. The van der Waals surface area contributed by atoms with Crippen molar-refractivity contribution in [3.8, 4) is 0 Å². The number of benzene rings is 3. The number of hydrogen-bond acceptors (Lipinski definition) is 6. The molecule has 4 aromatic rings. The van der Waals surface area contributed by atoms with Gasteiger partial charge in [0.1, 0.15) is 6.04 Å². The van der Waals surface area contributed by atoms with Crippen molar-refractivity contribution in [1.29, 1.82) is 0 Å². The fourth-order valence-corrected chi connectivity index (χ4v) is 6.68. The molecule has 2 unspecified atom stereocenters. The Hall–Kier alpha value is -4.43. The van der Waals surface area contributed by atoms with Crippen molar-refractivity contribution < 1.29 is 14.7 Å². The number of carboxylic acid groups (broad SMARTS) is 1. The second-order valence-corrected chi connectivity index (χ2v) is 10.7. The maximum absolute atomic E-state index is 13.2. The Balaban J connectivity index is 0.000000523. The van der Waals surface area contributed by atoms with Crippen molar-refractivity contribution in [2.75, 3.05) is 5.75 Å². The lowest BCUT2D eigenvalue weighted by atomic mass is 9.92. The molecule has 0 amide bonds. The number of rotatable bonds is 5. The monoisotopic (exact) mass is 549 g/mol. The maximum Gasteiger partial charge on any atom is 0.327 e. The zero-order valence-electron chi connectivity index (χ0n) is 21.6. The molecular weight excluding hydrogens is 522 g/mol. The molecule has 4 heterocycles. The molecule has 0 fully saturated rings. The van der Waals surface area contributed by atoms with Gasteiger partial charge in [-0.05, 0) is 33.9 Å². The number of aromatic nitrogens is 1. The van der Waals surface area contributed by atoms with Gasteiger partial charge in [-0.2, -0.15) is 0 Å². The molecule has 8 heteroatoms. The molecule has 7 nitrogen and oxygen atoms in total. The molecule has 0 radical (unpaired) electrons. The third-order valence-corrected chi connectivity index (χ3v) is 8.37. The van der Waals surface area contributed by atoms with E-state index < -0.39 is 18.1 Å². The summed E-state index contributed by atoms with van der Waals surface area (Å²) in [7, 11) is 0. The Kier molecular flexibility index (Phi) is 7.33. The van der Waals surface area contributed by atoms with Gasteiger partial charge in [0, 0.05) is 42.6 Å². The van der Waals surface area contributed by atoms with E-state index in [9.17, 15) is 14.7 Å².